The van der Waals surface area contributed by atoms with E-state index in [1.807, 2.05) is 6.07 Å². The van der Waals surface area contributed by atoms with Crippen molar-refractivity contribution in [3.8, 4) is 6.07 Å². The molecule has 1 aromatic rings. The second-order valence-electron chi connectivity index (χ2n) is 3.73. The number of carbonyl (C=O) groups excluding carboxylic acids is 1. The molecule has 1 aliphatic heterocycles. The van der Waals surface area contributed by atoms with Crippen LogP contribution in [-0.4, -0.2) is 41.6 Å². The van der Waals surface area contributed by atoms with E-state index in [1.165, 1.54) is 6.20 Å². The maximum absolute atomic E-state index is 12.2. The Morgan fingerprint density at radius 3 is 3.22 bits per heavy atom. The van der Waals surface area contributed by atoms with E-state index in [4.69, 9.17) is 21.6 Å². The van der Waals surface area contributed by atoms with Gasteiger partial charge in [-0.3, -0.25) is 4.79 Å². The Labute approximate surface area is 117 Å². The first-order valence-corrected chi connectivity index (χ1v) is 6.40. The maximum atomic E-state index is 12.2. The largest absolute Gasteiger partial charge is 0.360 e. The number of halogens is 2. The van der Waals surface area contributed by atoms with Gasteiger partial charge in [0.05, 0.1) is 24.8 Å². The Hall–Kier alpha value is -1.16. The second-order valence-corrected chi connectivity index (χ2v) is 5.01. The Kier molecular flexibility index (Phi) is 4.17. The maximum Gasteiger partial charge on any atom is 0.257 e. The Balaban J connectivity index is 2.21. The van der Waals surface area contributed by atoms with Gasteiger partial charge in [0.25, 0.3) is 5.91 Å². The molecule has 0 N–H and O–H groups in total. The zero-order valence-corrected chi connectivity index (χ0v) is 11.6. The number of nitriles is 1. The smallest absolute Gasteiger partial charge is 0.257 e. The molecule has 2 heterocycles. The van der Waals surface area contributed by atoms with Crippen LogP contribution in [0.25, 0.3) is 0 Å². The molecule has 0 aromatic carbocycles. The molecule has 18 heavy (non-hydrogen) atoms. The van der Waals surface area contributed by atoms with Gasteiger partial charge in [-0.1, -0.05) is 11.6 Å². The van der Waals surface area contributed by atoms with Crippen LogP contribution in [0.5, 0.6) is 0 Å². The number of rotatable bonds is 1. The quantitative estimate of drug-likeness (QED) is 0.737. The molecule has 5 nitrogen and oxygen atoms in total. The first-order chi connectivity index (χ1) is 8.61. The summed E-state index contributed by atoms with van der Waals surface area (Å²) in [7, 11) is 0. The summed E-state index contributed by atoms with van der Waals surface area (Å²) in [5.74, 6) is -0.239. The topological polar surface area (TPSA) is 66.2 Å². The first-order valence-electron chi connectivity index (χ1n) is 5.23. The second kappa shape index (κ2) is 5.65. The molecule has 0 aliphatic carbocycles. The van der Waals surface area contributed by atoms with Crippen LogP contribution >= 0.6 is 27.5 Å². The molecule has 0 saturated carbocycles. The molecule has 1 aromatic heterocycles. The lowest BCUT2D eigenvalue weighted by atomic mass is 10.2. The van der Waals surface area contributed by atoms with Crippen molar-refractivity contribution in [1.82, 2.24) is 9.88 Å². The minimum atomic E-state index is -0.582. The number of aromatic nitrogens is 1. The number of hydrogen-bond acceptors (Lipinski definition) is 4. The zero-order chi connectivity index (χ0) is 13.1. The Morgan fingerprint density at radius 1 is 1.72 bits per heavy atom. The highest BCUT2D eigenvalue weighted by atomic mass is 79.9. The third-order valence-corrected chi connectivity index (χ3v) is 3.27. The number of amides is 1. The van der Waals surface area contributed by atoms with Gasteiger partial charge < -0.3 is 9.64 Å². The lowest BCUT2D eigenvalue weighted by Gasteiger charge is -2.29. The normalized spacial score (nSPS) is 19.4. The van der Waals surface area contributed by atoms with Crippen LogP contribution in [-0.2, 0) is 4.74 Å². The lowest BCUT2D eigenvalue weighted by Crippen LogP contribution is -2.45. The van der Waals surface area contributed by atoms with Gasteiger partial charge >= 0.3 is 0 Å². The molecule has 1 saturated heterocycles. The van der Waals surface area contributed by atoms with Gasteiger partial charge in [0.1, 0.15) is 5.15 Å². The van der Waals surface area contributed by atoms with Crippen LogP contribution in [0.15, 0.2) is 16.7 Å². The van der Waals surface area contributed by atoms with Crippen LogP contribution in [0.4, 0.5) is 0 Å². The third-order valence-electron chi connectivity index (χ3n) is 2.53. The van der Waals surface area contributed by atoms with Crippen molar-refractivity contribution < 1.29 is 9.53 Å². The fraction of sp³-hybridized carbons (Fsp3) is 0.364. The van der Waals surface area contributed by atoms with Gasteiger partial charge in [-0.25, -0.2) is 4.98 Å². The summed E-state index contributed by atoms with van der Waals surface area (Å²) in [6.07, 6.45) is 0.942. The summed E-state index contributed by atoms with van der Waals surface area (Å²) in [6, 6.07) is 3.61. The number of morpholine rings is 1. The Morgan fingerprint density at radius 2 is 2.50 bits per heavy atom. The number of nitrogens with zero attached hydrogens (tertiary/aromatic N) is 3. The van der Waals surface area contributed by atoms with Crippen molar-refractivity contribution in [1.29, 1.82) is 5.26 Å². The van der Waals surface area contributed by atoms with Crippen molar-refractivity contribution >= 4 is 33.4 Å². The van der Waals surface area contributed by atoms with Gasteiger partial charge in [0.2, 0.25) is 0 Å². The molecule has 1 aliphatic rings. The van der Waals surface area contributed by atoms with Crippen LogP contribution in [0.1, 0.15) is 10.4 Å². The average Bonchev–Trinajstić information content (AvgIpc) is 2.41. The van der Waals surface area contributed by atoms with E-state index >= 15 is 0 Å². The van der Waals surface area contributed by atoms with E-state index in [1.54, 1.807) is 11.0 Å². The average molecular weight is 331 g/mol. The van der Waals surface area contributed by atoms with Crippen molar-refractivity contribution in [2.75, 3.05) is 19.7 Å². The Bertz CT molecular complexity index is 518. The highest BCUT2D eigenvalue weighted by Crippen LogP contribution is 2.20. The predicted octanol–water partition coefficient (Wildman–Crippen LogP) is 1.86. The van der Waals surface area contributed by atoms with Gasteiger partial charge in [-0.2, -0.15) is 5.26 Å². The molecule has 94 valence electrons. The highest BCUT2D eigenvalue weighted by Gasteiger charge is 2.26. The molecule has 0 radical (unpaired) electrons. The van der Waals surface area contributed by atoms with E-state index in [0.29, 0.717) is 23.2 Å². The molecular weight excluding hydrogens is 321 g/mol. The molecule has 1 amide bonds. The van der Waals surface area contributed by atoms with E-state index in [-0.39, 0.29) is 17.6 Å². The fourth-order valence-corrected chi connectivity index (χ4v) is 2.17. The molecule has 1 unspecified atom stereocenters. The minimum Gasteiger partial charge on any atom is -0.360 e. The lowest BCUT2D eigenvalue weighted by molar-refractivity contribution is 0.00345. The van der Waals surface area contributed by atoms with Crippen LogP contribution in [0.3, 0.4) is 0 Å². The van der Waals surface area contributed by atoms with Gasteiger partial charge in [-0.15, -0.1) is 0 Å². The summed E-state index contributed by atoms with van der Waals surface area (Å²) < 4.78 is 5.87. The summed E-state index contributed by atoms with van der Waals surface area (Å²) in [6.45, 7) is 1.04. The molecule has 0 spiro atoms. The number of carbonyl (C=O) groups is 1. The molecule has 7 heteroatoms. The van der Waals surface area contributed by atoms with Gasteiger partial charge in [0.15, 0.2) is 6.10 Å². The van der Waals surface area contributed by atoms with Gasteiger partial charge in [0, 0.05) is 17.2 Å². The molecule has 1 fully saturated rings. The van der Waals surface area contributed by atoms with Crippen LogP contribution in [0.2, 0.25) is 5.15 Å². The first kappa shape index (κ1) is 13.3. The molecule has 1 atom stereocenters. The minimum absolute atomic E-state index is 0.156. The van der Waals surface area contributed by atoms with E-state index < -0.39 is 6.10 Å². The van der Waals surface area contributed by atoms with Crippen molar-refractivity contribution in [2.45, 2.75) is 6.10 Å². The molecule has 0 bridgehead atoms. The summed E-state index contributed by atoms with van der Waals surface area (Å²) in [5.41, 5.74) is 0.324. The standard InChI is InChI=1S/C11H9BrClN3O2/c12-7-3-9(10(13)15-5-7)11(17)16-1-2-18-8(4-14)6-16/h3,5,8H,1-2,6H2. The summed E-state index contributed by atoms with van der Waals surface area (Å²) >= 11 is 9.15. The monoisotopic (exact) mass is 329 g/mol. The predicted molar refractivity (Wildman–Crippen MR) is 68.2 cm³/mol. The van der Waals surface area contributed by atoms with Crippen molar-refractivity contribution in [2.24, 2.45) is 0 Å². The third kappa shape index (κ3) is 2.80. The van der Waals surface area contributed by atoms with E-state index in [2.05, 4.69) is 20.9 Å². The SMILES string of the molecule is N#CC1CN(C(=O)c2cc(Br)cnc2Cl)CCO1. The highest BCUT2D eigenvalue weighted by molar-refractivity contribution is 9.10. The van der Waals surface area contributed by atoms with Crippen LogP contribution in [0, 0.1) is 11.3 Å². The van der Waals surface area contributed by atoms with Crippen LogP contribution < -0.4 is 0 Å². The van der Waals surface area contributed by atoms with Crippen molar-refractivity contribution in [3.63, 3.8) is 0 Å². The molecular formula is C11H9BrClN3O2. The number of hydrogen-bond donors (Lipinski definition) is 0. The summed E-state index contributed by atoms with van der Waals surface area (Å²) in [4.78, 5) is 17.7. The fourth-order valence-electron chi connectivity index (χ4n) is 1.65. The summed E-state index contributed by atoms with van der Waals surface area (Å²) in [5, 5.41) is 8.96. The van der Waals surface area contributed by atoms with Crippen molar-refractivity contribution in [3.05, 3.63) is 27.5 Å². The van der Waals surface area contributed by atoms with E-state index in [0.717, 1.165) is 0 Å². The number of ether oxygens (including phenoxy) is 1. The zero-order valence-electron chi connectivity index (χ0n) is 9.27. The number of pyridine rings is 1. The van der Waals surface area contributed by atoms with Gasteiger partial charge in [-0.05, 0) is 22.0 Å². The van der Waals surface area contributed by atoms with E-state index in [9.17, 15) is 4.79 Å². The molecule has 2 rings (SSSR count).